The molecule has 3 N–H and O–H groups in total. The third kappa shape index (κ3) is 1.10. The minimum atomic E-state index is -0.557. The molecule has 0 saturated heterocycles. The lowest BCUT2D eigenvalue weighted by atomic mass is 10.2. The van der Waals surface area contributed by atoms with Crippen LogP contribution in [0.4, 0.5) is 0 Å². The summed E-state index contributed by atoms with van der Waals surface area (Å²) < 4.78 is 1.76. The van der Waals surface area contributed by atoms with E-state index < -0.39 is 5.91 Å². The Balaban J connectivity index is 2.39. The van der Waals surface area contributed by atoms with Gasteiger partial charge in [-0.15, -0.1) is 0 Å². The van der Waals surface area contributed by atoms with Gasteiger partial charge in [-0.1, -0.05) is 0 Å². The zero-order chi connectivity index (χ0) is 11.3. The summed E-state index contributed by atoms with van der Waals surface area (Å²) in [6.45, 7) is 0. The van der Waals surface area contributed by atoms with Crippen molar-refractivity contribution in [2.24, 2.45) is 12.8 Å². The lowest BCUT2D eigenvalue weighted by molar-refractivity contribution is 0.0991. The monoisotopic (exact) mass is 215 g/mol. The maximum absolute atomic E-state index is 11.0. The summed E-state index contributed by atoms with van der Waals surface area (Å²) in [5.74, 6) is -0.378. The molecule has 0 aliphatic rings. The first-order chi connectivity index (χ1) is 7.65. The van der Waals surface area contributed by atoms with E-state index in [1.54, 1.807) is 10.9 Å². The van der Waals surface area contributed by atoms with Gasteiger partial charge in [0, 0.05) is 12.4 Å². The molecule has 0 aliphatic carbocycles. The highest BCUT2D eigenvalue weighted by molar-refractivity contribution is 5.97. The van der Waals surface area contributed by atoms with Crippen LogP contribution in [0.15, 0.2) is 18.3 Å². The number of carbonyl (C=O) groups is 1. The van der Waals surface area contributed by atoms with E-state index in [0.29, 0.717) is 5.52 Å². The van der Waals surface area contributed by atoms with E-state index in [0.717, 1.165) is 16.4 Å². The molecular weight excluding hydrogens is 206 g/mol. The average molecular weight is 215 g/mol. The molecule has 2 heterocycles. The molecule has 0 saturated carbocycles. The molecule has 0 bridgehead atoms. The Labute approximate surface area is 90.1 Å². The van der Waals surface area contributed by atoms with Crippen LogP contribution in [0.2, 0.25) is 0 Å². The molecule has 6 heteroatoms. The van der Waals surface area contributed by atoms with Crippen molar-refractivity contribution in [2.75, 3.05) is 0 Å². The second kappa shape index (κ2) is 2.82. The maximum Gasteiger partial charge on any atom is 0.284 e. The van der Waals surface area contributed by atoms with E-state index in [9.17, 15) is 4.79 Å². The molecular formula is C10H9N5O. The van der Waals surface area contributed by atoms with Crippen molar-refractivity contribution >= 4 is 27.8 Å². The topological polar surface area (TPSA) is 89.6 Å². The highest BCUT2D eigenvalue weighted by Crippen LogP contribution is 2.20. The number of rotatable bonds is 1. The fraction of sp³-hybridized carbons (Fsp3) is 0.100. The number of hydrogen-bond acceptors (Lipinski definition) is 3. The normalized spacial score (nSPS) is 11.3. The predicted molar refractivity (Wildman–Crippen MR) is 58.9 cm³/mol. The average Bonchev–Trinajstić information content (AvgIpc) is 2.80. The summed E-state index contributed by atoms with van der Waals surface area (Å²) in [6, 6.07) is 3.78. The number of aromatic nitrogens is 4. The number of amides is 1. The molecule has 0 atom stereocenters. The zero-order valence-electron chi connectivity index (χ0n) is 8.56. The molecule has 0 aliphatic heterocycles. The molecule has 3 aromatic rings. The summed E-state index contributed by atoms with van der Waals surface area (Å²) >= 11 is 0. The highest BCUT2D eigenvalue weighted by atomic mass is 16.1. The predicted octanol–water partition coefficient (Wildman–Crippen LogP) is 0.548. The van der Waals surface area contributed by atoms with Gasteiger partial charge >= 0.3 is 0 Å². The molecule has 0 unspecified atom stereocenters. The van der Waals surface area contributed by atoms with Crippen LogP contribution in [0.5, 0.6) is 0 Å². The molecule has 6 nitrogen and oxygen atoms in total. The van der Waals surface area contributed by atoms with Crippen molar-refractivity contribution in [3.63, 3.8) is 0 Å². The van der Waals surface area contributed by atoms with E-state index in [1.807, 2.05) is 19.2 Å². The number of benzene rings is 1. The van der Waals surface area contributed by atoms with Crippen molar-refractivity contribution in [1.29, 1.82) is 0 Å². The Morgan fingerprint density at radius 3 is 3.06 bits per heavy atom. The van der Waals surface area contributed by atoms with Crippen LogP contribution in [-0.2, 0) is 7.05 Å². The molecule has 0 radical (unpaired) electrons. The van der Waals surface area contributed by atoms with Gasteiger partial charge in [0.25, 0.3) is 5.91 Å². The van der Waals surface area contributed by atoms with Gasteiger partial charge < -0.3 is 10.7 Å². The lowest BCUT2D eigenvalue weighted by Crippen LogP contribution is -2.12. The Kier molecular flexibility index (Phi) is 1.57. The third-order valence-corrected chi connectivity index (χ3v) is 2.58. The summed E-state index contributed by atoms with van der Waals surface area (Å²) in [4.78, 5) is 18.0. The molecule has 80 valence electrons. The number of nitrogens with zero attached hydrogens (tertiary/aromatic N) is 3. The number of H-pyrrole nitrogens is 1. The SMILES string of the molecule is Cn1ncc2cc3nc(C(N)=O)[nH]c3cc21. The minimum absolute atomic E-state index is 0.179. The van der Waals surface area contributed by atoms with Crippen molar-refractivity contribution in [3.8, 4) is 0 Å². The van der Waals surface area contributed by atoms with Gasteiger partial charge in [0.05, 0.1) is 22.7 Å². The second-order valence-corrected chi connectivity index (χ2v) is 3.65. The van der Waals surface area contributed by atoms with E-state index in [2.05, 4.69) is 15.1 Å². The number of aryl methyl sites for hydroxylation is 1. The number of hydrogen-bond donors (Lipinski definition) is 2. The van der Waals surface area contributed by atoms with Gasteiger partial charge in [0.2, 0.25) is 0 Å². The lowest BCUT2D eigenvalue weighted by Gasteiger charge is -1.93. The molecule has 16 heavy (non-hydrogen) atoms. The largest absolute Gasteiger partial charge is 0.363 e. The number of imidazole rings is 1. The smallest absolute Gasteiger partial charge is 0.284 e. The molecule has 0 spiro atoms. The Morgan fingerprint density at radius 2 is 2.31 bits per heavy atom. The van der Waals surface area contributed by atoms with Crippen LogP contribution in [0.25, 0.3) is 21.9 Å². The van der Waals surface area contributed by atoms with E-state index in [1.165, 1.54) is 0 Å². The van der Waals surface area contributed by atoms with Crippen molar-refractivity contribution in [2.45, 2.75) is 0 Å². The van der Waals surface area contributed by atoms with Gasteiger partial charge in [-0.2, -0.15) is 5.10 Å². The number of primary amides is 1. The quantitative estimate of drug-likeness (QED) is 0.621. The van der Waals surface area contributed by atoms with Gasteiger partial charge in [0.15, 0.2) is 5.82 Å². The fourth-order valence-corrected chi connectivity index (χ4v) is 1.77. The third-order valence-electron chi connectivity index (χ3n) is 2.58. The number of aromatic amines is 1. The van der Waals surface area contributed by atoms with Crippen molar-refractivity contribution in [3.05, 3.63) is 24.2 Å². The Morgan fingerprint density at radius 1 is 1.50 bits per heavy atom. The highest BCUT2D eigenvalue weighted by Gasteiger charge is 2.09. The Hall–Kier alpha value is -2.37. The molecule has 1 aromatic carbocycles. The molecule has 0 fully saturated rings. The maximum atomic E-state index is 11.0. The van der Waals surface area contributed by atoms with E-state index in [-0.39, 0.29) is 5.82 Å². The van der Waals surface area contributed by atoms with Crippen LogP contribution in [0.1, 0.15) is 10.6 Å². The van der Waals surface area contributed by atoms with Crippen LogP contribution < -0.4 is 5.73 Å². The summed E-state index contributed by atoms with van der Waals surface area (Å²) in [7, 11) is 1.86. The van der Waals surface area contributed by atoms with Gasteiger partial charge in [-0.05, 0) is 12.1 Å². The number of nitrogens with one attached hydrogen (secondary N) is 1. The minimum Gasteiger partial charge on any atom is -0.363 e. The number of carbonyl (C=O) groups excluding carboxylic acids is 1. The van der Waals surface area contributed by atoms with Crippen LogP contribution in [-0.4, -0.2) is 25.7 Å². The van der Waals surface area contributed by atoms with Crippen molar-refractivity contribution in [1.82, 2.24) is 19.7 Å². The summed E-state index contributed by atoms with van der Waals surface area (Å²) in [5.41, 5.74) is 7.64. The number of fused-ring (bicyclic) bond motifs is 2. The first kappa shape index (κ1) is 8.90. The second-order valence-electron chi connectivity index (χ2n) is 3.65. The van der Waals surface area contributed by atoms with E-state index >= 15 is 0 Å². The standard InChI is InChI=1S/C10H9N5O/c1-15-8-3-7-6(2-5(8)4-12-15)13-10(14-7)9(11)16/h2-4H,1H3,(H2,11,16)(H,13,14). The molecule has 2 aromatic heterocycles. The first-order valence-electron chi connectivity index (χ1n) is 4.76. The van der Waals surface area contributed by atoms with Crippen LogP contribution in [0.3, 0.4) is 0 Å². The molecule has 3 rings (SSSR count). The van der Waals surface area contributed by atoms with E-state index in [4.69, 9.17) is 5.73 Å². The summed E-state index contributed by atoms with van der Waals surface area (Å²) in [5, 5.41) is 5.12. The number of nitrogens with two attached hydrogens (primary N) is 1. The van der Waals surface area contributed by atoms with Gasteiger partial charge in [0.1, 0.15) is 0 Å². The Bertz CT molecular complexity index is 708. The van der Waals surface area contributed by atoms with Crippen LogP contribution in [0, 0.1) is 0 Å². The van der Waals surface area contributed by atoms with Crippen molar-refractivity contribution < 1.29 is 4.79 Å². The fourth-order valence-electron chi connectivity index (χ4n) is 1.77. The van der Waals surface area contributed by atoms with Gasteiger partial charge in [-0.3, -0.25) is 9.48 Å². The molecule has 1 amide bonds. The zero-order valence-corrected chi connectivity index (χ0v) is 8.56. The van der Waals surface area contributed by atoms with Gasteiger partial charge in [-0.25, -0.2) is 4.98 Å². The summed E-state index contributed by atoms with van der Waals surface area (Å²) in [6.07, 6.45) is 1.76. The first-order valence-corrected chi connectivity index (χ1v) is 4.76. The van der Waals surface area contributed by atoms with Crippen LogP contribution >= 0.6 is 0 Å².